The summed E-state index contributed by atoms with van der Waals surface area (Å²) in [5, 5.41) is 1.29. The second-order valence-electron chi connectivity index (χ2n) is 5.04. The molecule has 2 rings (SSSR count). The highest BCUT2D eigenvalue weighted by Crippen LogP contribution is 2.38. The number of guanidine groups is 1. The van der Waals surface area contributed by atoms with Gasteiger partial charge in [0.25, 0.3) is 0 Å². The number of rotatable bonds is 2. The fourth-order valence-electron chi connectivity index (χ4n) is 2.62. The summed E-state index contributed by atoms with van der Waals surface area (Å²) in [6.45, 7) is 6.90. The number of halogens is 2. The lowest BCUT2D eigenvalue weighted by Gasteiger charge is -2.40. The molecule has 0 bridgehead atoms. The van der Waals surface area contributed by atoms with Gasteiger partial charge in [0, 0.05) is 16.1 Å². The van der Waals surface area contributed by atoms with Gasteiger partial charge in [-0.05, 0) is 38.5 Å². The van der Waals surface area contributed by atoms with Crippen LogP contribution in [0, 0.1) is 0 Å². The van der Waals surface area contributed by atoms with Crippen molar-refractivity contribution in [1.82, 2.24) is 4.90 Å². The molecule has 98 valence electrons. The number of hydrogen-bond acceptors (Lipinski definition) is 3. The lowest BCUT2D eigenvalue weighted by atomic mass is 9.90. The molecular formula is C13H17Cl2N3. The Bertz CT molecular complexity index is 499. The molecule has 0 spiro atoms. The molecule has 1 unspecified atom stereocenters. The first kappa shape index (κ1) is 13.5. The van der Waals surface area contributed by atoms with Crippen molar-refractivity contribution in [2.45, 2.75) is 32.4 Å². The minimum absolute atomic E-state index is 0.257. The Morgan fingerprint density at radius 1 is 1.39 bits per heavy atom. The highest BCUT2D eigenvalue weighted by Gasteiger charge is 2.42. The zero-order valence-electron chi connectivity index (χ0n) is 10.7. The van der Waals surface area contributed by atoms with E-state index >= 15 is 0 Å². The molecule has 0 saturated carbocycles. The van der Waals surface area contributed by atoms with Gasteiger partial charge in [0.1, 0.15) is 0 Å². The van der Waals surface area contributed by atoms with Crippen LogP contribution in [0.2, 0.25) is 10.0 Å². The van der Waals surface area contributed by atoms with Crippen molar-refractivity contribution in [2.75, 3.05) is 6.54 Å². The maximum absolute atomic E-state index is 6.31. The Balaban J connectivity index is 2.48. The molecule has 0 fully saturated rings. The quantitative estimate of drug-likeness (QED) is 0.906. The first-order chi connectivity index (χ1) is 8.36. The standard InChI is InChI=1S/C13H17Cl2N3/c1-8(2)18-12(16)17-7-13(18,3)10-5-4-9(14)6-11(10)15/h4-6,8H,7H2,1-3H3,(H2,16,17). The van der Waals surface area contributed by atoms with Crippen LogP contribution in [-0.2, 0) is 5.54 Å². The fourth-order valence-corrected chi connectivity index (χ4v) is 3.23. The van der Waals surface area contributed by atoms with Crippen molar-refractivity contribution in [1.29, 1.82) is 0 Å². The highest BCUT2D eigenvalue weighted by molar-refractivity contribution is 6.35. The largest absolute Gasteiger partial charge is 0.370 e. The molecule has 1 heterocycles. The Hall–Kier alpha value is -0.930. The van der Waals surface area contributed by atoms with Gasteiger partial charge in [-0.2, -0.15) is 0 Å². The average molecular weight is 286 g/mol. The summed E-state index contributed by atoms with van der Waals surface area (Å²) in [4.78, 5) is 6.46. The zero-order valence-corrected chi connectivity index (χ0v) is 12.3. The maximum atomic E-state index is 6.31. The number of nitrogens with two attached hydrogens (primary N) is 1. The third-order valence-electron chi connectivity index (χ3n) is 3.36. The molecule has 18 heavy (non-hydrogen) atoms. The first-order valence-electron chi connectivity index (χ1n) is 5.91. The van der Waals surface area contributed by atoms with E-state index in [4.69, 9.17) is 28.9 Å². The van der Waals surface area contributed by atoms with Gasteiger partial charge in [-0.3, -0.25) is 4.99 Å². The van der Waals surface area contributed by atoms with Crippen LogP contribution in [0.4, 0.5) is 0 Å². The third-order valence-corrected chi connectivity index (χ3v) is 3.90. The molecule has 0 radical (unpaired) electrons. The molecule has 5 heteroatoms. The van der Waals surface area contributed by atoms with Crippen molar-refractivity contribution in [2.24, 2.45) is 10.7 Å². The summed E-state index contributed by atoms with van der Waals surface area (Å²) in [5.41, 5.74) is 6.68. The Morgan fingerprint density at radius 3 is 2.61 bits per heavy atom. The zero-order chi connectivity index (χ0) is 13.5. The minimum atomic E-state index is -0.306. The molecule has 1 aliphatic heterocycles. The molecule has 0 amide bonds. The van der Waals surface area contributed by atoms with Crippen molar-refractivity contribution >= 4 is 29.2 Å². The Morgan fingerprint density at radius 2 is 2.06 bits per heavy atom. The van der Waals surface area contributed by atoms with E-state index < -0.39 is 0 Å². The maximum Gasteiger partial charge on any atom is 0.192 e. The van der Waals surface area contributed by atoms with Crippen LogP contribution < -0.4 is 5.73 Å². The molecule has 0 aromatic heterocycles. The van der Waals surface area contributed by atoms with Crippen LogP contribution in [0.15, 0.2) is 23.2 Å². The van der Waals surface area contributed by atoms with Gasteiger partial charge in [0.15, 0.2) is 5.96 Å². The van der Waals surface area contributed by atoms with Crippen molar-refractivity contribution in [3.05, 3.63) is 33.8 Å². The van der Waals surface area contributed by atoms with E-state index in [0.29, 0.717) is 22.5 Å². The molecule has 1 aromatic carbocycles. The molecule has 1 aromatic rings. The predicted molar refractivity (Wildman–Crippen MR) is 77.3 cm³/mol. The summed E-state index contributed by atoms with van der Waals surface area (Å²) in [6, 6.07) is 5.82. The molecule has 3 nitrogen and oxygen atoms in total. The molecule has 1 aliphatic rings. The summed E-state index contributed by atoms with van der Waals surface area (Å²) in [7, 11) is 0. The molecule has 1 atom stereocenters. The SMILES string of the molecule is CC(C)N1C(N)=NCC1(C)c1ccc(Cl)cc1Cl. The number of benzene rings is 1. The van der Waals surface area contributed by atoms with E-state index in [9.17, 15) is 0 Å². The van der Waals surface area contributed by atoms with Crippen LogP contribution in [0.5, 0.6) is 0 Å². The first-order valence-corrected chi connectivity index (χ1v) is 6.66. The second-order valence-corrected chi connectivity index (χ2v) is 5.88. The Kier molecular flexibility index (Phi) is 3.47. The lowest BCUT2D eigenvalue weighted by Crippen LogP contribution is -2.51. The molecule has 2 N–H and O–H groups in total. The smallest absolute Gasteiger partial charge is 0.192 e. The number of nitrogens with zero attached hydrogens (tertiary/aromatic N) is 2. The second kappa shape index (κ2) is 4.63. The topological polar surface area (TPSA) is 41.6 Å². The number of hydrogen-bond donors (Lipinski definition) is 1. The van der Waals surface area contributed by atoms with Crippen LogP contribution in [0.25, 0.3) is 0 Å². The van der Waals surface area contributed by atoms with Gasteiger partial charge in [-0.1, -0.05) is 29.3 Å². The van der Waals surface area contributed by atoms with E-state index in [2.05, 4.69) is 30.7 Å². The fraction of sp³-hybridized carbons (Fsp3) is 0.462. The van der Waals surface area contributed by atoms with Crippen LogP contribution in [-0.4, -0.2) is 23.4 Å². The van der Waals surface area contributed by atoms with Gasteiger partial charge in [0.2, 0.25) is 0 Å². The van der Waals surface area contributed by atoms with E-state index in [1.165, 1.54) is 0 Å². The van der Waals surface area contributed by atoms with Crippen molar-refractivity contribution < 1.29 is 0 Å². The van der Waals surface area contributed by atoms with Crippen molar-refractivity contribution in [3.8, 4) is 0 Å². The summed E-state index contributed by atoms with van der Waals surface area (Å²) in [6.07, 6.45) is 0. The van der Waals surface area contributed by atoms with Gasteiger partial charge >= 0.3 is 0 Å². The highest BCUT2D eigenvalue weighted by atomic mass is 35.5. The monoisotopic (exact) mass is 285 g/mol. The molecule has 0 aliphatic carbocycles. The van der Waals surface area contributed by atoms with Gasteiger partial charge in [0.05, 0.1) is 12.1 Å². The average Bonchev–Trinajstić information content (AvgIpc) is 2.55. The lowest BCUT2D eigenvalue weighted by molar-refractivity contribution is 0.185. The number of aliphatic imine (C=N–C) groups is 1. The van der Waals surface area contributed by atoms with Gasteiger partial charge in [-0.15, -0.1) is 0 Å². The van der Waals surface area contributed by atoms with Crippen LogP contribution in [0.1, 0.15) is 26.3 Å². The minimum Gasteiger partial charge on any atom is -0.370 e. The summed E-state index contributed by atoms with van der Waals surface area (Å²) in [5.74, 6) is 0.568. The predicted octanol–water partition coefficient (Wildman–Crippen LogP) is 3.25. The summed E-state index contributed by atoms with van der Waals surface area (Å²) >= 11 is 12.3. The van der Waals surface area contributed by atoms with E-state index in [0.717, 1.165) is 5.56 Å². The van der Waals surface area contributed by atoms with E-state index in [1.807, 2.05) is 12.1 Å². The van der Waals surface area contributed by atoms with Crippen LogP contribution in [0.3, 0.4) is 0 Å². The van der Waals surface area contributed by atoms with Crippen LogP contribution >= 0.6 is 23.2 Å². The van der Waals surface area contributed by atoms with Gasteiger partial charge < -0.3 is 10.6 Å². The Labute approximate surface area is 118 Å². The normalized spacial score (nSPS) is 23.7. The van der Waals surface area contributed by atoms with Crippen molar-refractivity contribution in [3.63, 3.8) is 0 Å². The third kappa shape index (κ3) is 2.06. The molecule has 0 saturated heterocycles. The van der Waals surface area contributed by atoms with Gasteiger partial charge in [-0.25, -0.2) is 0 Å². The van der Waals surface area contributed by atoms with E-state index in [1.54, 1.807) is 6.07 Å². The van der Waals surface area contributed by atoms with E-state index in [-0.39, 0.29) is 11.6 Å². The summed E-state index contributed by atoms with van der Waals surface area (Å²) < 4.78 is 0. The molecular weight excluding hydrogens is 269 g/mol.